The van der Waals surface area contributed by atoms with E-state index in [1.165, 1.54) is 21.3 Å². The molecule has 1 aromatic heterocycles. The molecular formula is C19H26N2O3. The fourth-order valence-electron chi connectivity index (χ4n) is 2.65. The lowest BCUT2D eigenvalue weighted by Gasteiger charge is -2.17. The summed E-state index contributed by atoms with van der Waals surface area (Å²) in [6, 6.07) is 6.19. The zero-order chi connectivity index (χ0) is 17.7. The maximum Gasteiger partial charge on any atom is 0.419 e. The molecule has 0 unspecified atom stereocenters. The Kier molecular flexibility index (Phi) is 6.15. The number of carbonyl (C=O) groups excluding carboxylic acids is 1. The van der Waals surface area contributed by atoms with Gasteiger partial charge in [-0.05, 0) is 44.4 Å². The van der Waals surface area contributed by atoms with Crippen LogP contribution in [0.5, 0.6) is 0 Å². The molecule has 0 saturated carbocycles. The van der Waals surface area contributed by atoms with Gasteiger partial charge in [0.15, 0.2) is 0 Å². The molecule has 0 saturated heterocycles. The van der Waals surface area contributed by atoms with Crippen molar-refractivity contribution in [2.45, 2.75) is 46.6 Å². The number of rotatable bonds is 6. The fourth-order valence-corrected chi connectivity index (χ4v) is 2.65. The van der Waals surface area contributed by atoms with Crippen molar-refractivity contribution >= 4 is 6.09 Å². The minimum absolute atomic E-state index is 0.000589. The largest absolute Gasteiger partial charge is 0.446 e. The van der Waals surface area contributed by atoms with Crippen LogP contribution in [0, 0.1) is 13.8 Å². The molecule has 0 aliphatic heterocycles. The molecule has 0 amide bonds. The molecule has 0 fully saturated rings. The van der Waals surface area contributed by atoms with Gasteiger partial charge in [-0.2, -0.15) is 0 Å². The summed E-state index contributed by atoms with van der Waals surface area (Å²) in [5.74, 6) is 0.679. The lowest BCUT2D eigenvalue weighted by molar-refractivity contribution is 0.0396. The van der Waals surface area contributed by atoms with Crippen molar-refractivity contribution in [3.8, 4) is 0 Å². The van der Waals surface area contributed by atoms with Crippen molar-refractivity contribution in [3.05, 3.63) is 53.1 Å². The Hall–Kier alpha value is -2.14. The first-order valence-corrected chi connectivity index (χ1v) is 8.30. The molecule has 0 N–H and O–H groups in total. The van der Waals surface area contributed by atoms with E-state index in [1.807, 2.05) is 19.9 Å². The number of aryl methyl sites for hydroxylation is 1. The summed E-state index contributed by atoms with van der Waals surface area (Å²) in [7, 11) is 0. The van der Waals surface area contributed by atoms with Gasteiger partial charge in [-0.1, -0.05) is 25.1 Å². The van der Waals surface area contributed by atoms with Gasteiger partial charge >= 0.3 is 6.09 Å². The number of aromatic nitrogens is 2. The van der Waals surface area contributed by atoms with Gasteiger partial charge in [0.1, 0.15) is 12.4 Å². The Bertz CT molecular complexity index is 692. The third-order valence-electron chi connectivity index (χ3n) is 4.13. The maximum atomic E-state index is 12.3. The van der Waals surface area contributed by atoms with Crippen LogP contribution in [0.1, 0.15) is 49.2 Å². The number of nitrogens with zero attached hydrogens (tertiary/aromatic N) is 2. The van der Waals surface area contributed by atoms with Gasteiger partial charge in [0, 0.05) is 18.3 Å². The zero-order valence-corrected chi connectivity index (χ0v) is 15.1. The molecule has 1 atom stereocenters. The van der Waals surface area contributed by atoms with Crippen LogP contribution in [0.4, 0.5) is 4.79 Å². The average Bonchev–Trinajstić information content (AvgIpc) is 3.03. The maximum absolute atomic E-state index is 12.3. The van der Waals surface area contributed by atoms with E-state index in [4.69, 9.17) is 9.47 Å². The Morgan fingerprint density at radius 2 is 1.96 bits per heavy atom. The average molecular weight is 330 g/mol. The lowest BCUT2D eigenvalue weighted by Crippen LogP contribution is -2.20. The third kappa shape index (κ3) is 4.23. The highest BCUT2D eigenvalue weighted by atomic mass is 16.6. The van der Waals surface area contributed by atoms with Gasteiger partial charge in [-0.3, -0.25) is 0 Å². The highest BCUT2D eigenvalue weighted by molar-refractivity contribution is 5.71. The molecule has 2 rings (SSSR count). The second kappa shape index (κ2) is 8.11. The third-order valence-corrected chi connectivity index (χ3v) is 4.13. The van der Waals surface area contributed by atoms with Crippen LogP contribution in [0.15, 0.2) is 30.6 Å². The van der Waals surface area contributed by atoms with Gasteiger partial charge < -0.3 is 9.47 Å². The van der Waals surface area contributed by atoms with E-state index in [2.05, 4.69) is 37.9 Å². The first-order valence-electron chi connectivity index (χ1n) is 8.30. The molecule has 0 aliphatic rings. The quantitative estimate of drug-likeness (QED) is 0.750. The summed E-state index contributed by atoms with van der Waals surface area (Å²) >= 11 is 0. The number of ether oxygens (including phenoxy) is 2. The van der Waals surface area contributed by atoms with Crippen LogP contribution >= 0.6 is 0 Å². The lowest BCUT2D eigenvalue weighted by atomic mass is 9.93. The van der Waals surface area contributed by atoms with Crippen LogP contribution in [0.2, 0.25) is 0 Å². The molecule has 0 radical (unpaired) electrons. The standard InChI is InChI=1S/C19H26N2O3/c1-13(2)23-11-12-24-19(22)21-10-9-20-18(21)16(5)17-8-6-7-14(3)15(17)4/h6-10,13,16H,11-12H2,1-5H3/t16-/m0/s1. The Labute approximate surface area is 143 Å². The van der Waals surface area contributed by atoms with Crippen molar-refractivity contribution in [1.82, 2.24) is 9.55 Å². The second-order valence-electron chi connectivity index (χ2n) is 6.20. The smallest absolute Gasteiger partial charge is 0.419 e. The summed E-state index contributed by atoms with van der Waals surface area (Å²) in [5, 5.41) is 0. The Morgan fingerprint density at radius 3 is 2.67 bits per heavy atom. The van der Waals surface area contributed by atoms with Crippen molar-refractivity contribution in [2.24, 2.45) is 0 Å². The predicted molar refractivity (Wildman–Crippen MR) is 93.5 cm³/mol. The number of carbonyl (C=O) groups is 1. The van der Waals surface area contributed by atoms with Crippen LogP contribution in [-0.4, -0.2) is 35.0 Å². The van der Waals surface area contributed by atoms with Gasteiger partial charge in [-0.15, -0.1) is 0 Å². The normalized spacial score (nSPS) is 12.4. The molecule has 24 heavy (non-hydrogen) atoms. The van der Waals surface area contributed by atoms with Crippen LogP contribution in [0.3, 0.4) is 0 Å². The highest BCUT2D eigenvalue weighted by Gasteiger charge is 2.20. The van der Waals surface area contributed by atoms with E-state index in [-0.39, 0.29) is 18.6 Å². The molecule has 5 nitrogen and oxygen atoms in total. The summed E-state index contributed by atoms with van der Waals surface area (Å²) < 4.78 is 12.1. The molecule has 0 aliphatic carbocycles. The number of hydrogen-bond donors (Lipinski definition) is 0. The summed E-state index contributed by atoms with van der Waals surface area (Å²) in [6.07, 6.45) is 2.97. The number of imidazole rings is 1. The topological polar surface area (TPSA) is 53.4 Å². The molecule has 1 aromatic carbocycles. The van der Waals surface area contributed by atoms with E-state index >= 15 is 0 Å². The molecule has 130 valence electrons. The first-order chi connectivity index (χ1) is 11.4. The predicted octanol–water partition coefficient (Wildman–Crippen LogP) is 4.06. The van der Waals surface area contributed by atoms with Gasteiger partial charge in [0.05, 0.1) is 12.7 Å². The Morgan fingerprint density at radius 1 is 1.21 bits per heavy atom. The molecule has 5 heteroatoms. The summed E-state index contributed by atoms with van der Waals surface area (Å²) in [6.45, 7) is 10.7. The number of benzene rings is 1. The van der Waals surface area contributed by atoms with E-state index in [0.717, 1.165) is 0 Å². The zero-order valence-electron chi connectivity index (χ0n) is 15.1. The molecule has 0 bridgehead atoms. The van der Waals surface area contributed by atoms with Crippen molar-refractivity contribution < 1.29 is 14.3 Å². The highest BCUT2D eigenvalue weighted by Crippen LogP contribution is 2.27. The van der Waals surface area contributed by atoms with Crippen LogP contribution in [0.25, 0.3) is 0 Å². The van der Waals surface area contributed by atoms with Gasteiger partial charge in [-0.25, -0.2) is 14.3 Å². The minimum atomic E-state index is -0.424. The molecule has 1 heterocycles. The van der Waals surface area contributed by atoms with Crippen LogP contribution in [-0.2, 0) is 9.47 Å². The summed E-state index contributed by atoms with van der Waals surface area (Å²) in [5.41, 5.74) is 3.61. The summed E-state index contributed by atoms with van der Waals surface area (Å²) in [4.78, 5) is 16.7. The van der Waals surface area contributed by atoms with Crippen molar-refractivity contribution in [1.29, 1.82) is 0 Å². The second-order valence-corrected chi connectivity index (χ2v) is 6.20. The van der Waals surface area contributed by atoms with E-state index < -0.39 is 6.09 Å². The van der Waals surface area contributed by atoms with E-state index in [1.54, 1.807) is 12.4 Å². The van der Waals surface area contributed by atoms with Crippen molar-refractivity contribution in [3.63, 3.8) is 0 Å². The first kappa shape index (κ1) is 18.2. The molecule has 0 spiro atoms. The van der Waals surface area contributed by atoms with Gasteiger partial charge in [0.2, 0.25) is 0 Å². The van der Waals surface area contributed by atoms with Crippen LogP contribution < -0.4 is 0 Å². The van der Waals surface area contributed by atoms with Gasteiger partial charge in [0.25, 0.3) is 0 Å². The molecular weight excluding hydrogens is 304 g/mol. The molecule has 2 aromatic rings. The fraction of sp³-hybridized carbons (Fsp3) is 0.474. The van der Waals surface area contributed by atoms with E-state index in [0.29, 0.717) is 12.4 Å². The SMILES string of the molecule is Cc1cccc([C@H](C)c2nccn2C(=O)OCCOC(C)C)c1C. The minimum Gasteiger partial charge on any atom is -0.446 e. The van der Waals surface area contributed by atoms with Crippen molar-refractivity contribution in [2.75, 3.05) is 13.2 Å². The monoisotopic (exact) mass is 330 g/mol. The Balaban J connectivity index is 2.11. The number of hydrogen-bond acceptors (Lipinski definition) is 4. The van der Waals surface area contributed by atoms with E-state index in [9.17, 15) is 4.79 Å².